The second-order valence-electron chi connectivity index (χ2n) is 7.44. The predicted molar refractivity (Wildman–Crippen MR) is 131 cm³/mol. The molecule has 0 radical (unpaired) electrons. The molecule has 0 bridgehead atoms. The summed E-state index contributed by atoms with van der Waals surface area (Å²) in [7, 11) is 4.17. The molecule has 1 nitrogen and oxygen atoms in total. The summed E-state index contributed by atoms with van der Waals surface area (Å²) >= 11 is 5.62. The molecule has 1 aliphatic heterocycles. The summed E-state index contributed by atoms with van der Waals surface area (Å²) in [6, 6.07) is 8.80. The molecule has 144 valence electrons. The van der Waals surface area contributed by atoms with Crippen LogP contribution in [0.1, 0.15) is 22.6 Å². The minimum atomic E-state index is 1.12. The van der Waals surface area contributed by atoms with E-state index in [9.17, 15) is 0 Å². The topological polar surface area (TPSA) is 3.01 Å². The largest absolute Gasteiger partial charge is 0.235 e. The van der Waals surface area contributed by atoms with Crippen molar-refractivity contribution in [3.63, 3.8) is 0 Å². The highest BCUT2D eigenvalue weighted by molar-refractivity contribution is 8.12. The van der Waals surface area contributed by atoms with Gasteiger partial charge in [0.25, 0.3) is 0 Å². The average Bonchev–Trinajstić information content (AvgIpc) is 3.50. The van der Waals surface area contributed by atoms with Crippen LogP contribution in [0.15, 0.2) is 93.1 Å². The first kappa shape index (κ1) is 18.9. The van der Waals surface area contributed by atoms with Crippen molar-refractivity contribution in [1.82, 2.24) is 0 Å². The minimum absolute atomic E-state index is 1.12. The van der Waals surface area contributed by atoms with Gasteiger partial charge in [-0.15, -0.1) is 22.7 Å². The van der Waals surface area contributed by atoms with Crippen LogP contribution in [-0.2, 0) is 0 Å². The van der Waals surface area contributed by atoms with Crippen molar-refractivity contribution in [2.45, 2.75) is 12.8 Å². The van der Waals surface area contributed by atoms with E-state index in [0.29, 0.717) is 0 Å². The second kappa shape index (κ2) is 7.94. The van der Waals surface area contributed by atoms with E-state index in [0.717, 1.165) is 12.8 Å². The fraction of sp³-hybridized carbons (Fsp3) is 0.160. The number of hydrogen-bond donors (Lipinski definition) is 0. The van der Waals surface area contributed by atoms with E-state index in [1.807, 2.05) is 34.4 Å². The van der Waals surface area contributed by atoms with E-state index in [2.05, 4.69) is 90.2 Å². The molecule has 4 heteroatoms. The van der Waals surface area contributed by atoms with Crippen molar-refractivity contribution in [1.29, 1.82) is 0 Å². The molecule has 0 aromatic carbocycles. The van der Waals surface area contributed by atoms with Crippen LogP contribution in [-0.4, -0.2) is 24.4 Å². The van der Waals surface area contributed by atoms with Gasteiger partial charge in [0.2, 0.25) is 0 Å². The summed E-state index contributed by atoms with van der Waals surface area (Å²) in [5, 5.41) is 4.35. The highest BCUT2D eigenvalue weighted by Gasteiger charge is 2.28. The molecular formula is C25H22NS3+. The number of allylic oxidation sites excluding steroid dienone is 10. The monoisotopic (exact) mass is 432 g/mol. The number of thiophene rings is 2. The van der Waals surface area contributed by atoms with E-state index >= 15 is 0 Å². The maximum atomic E-state index is 2.41. The van der Waals surface area contributed by atoms with E-state index in [4.69, 9.17) is 0 Å². The molecule has 0 saturated carbocycles. The molecule has 0 fully saturated rings. The van der Waals surface area contributed by atoms with Gasteiger partial charge in [0.1, 0.15) is 14.1 Å². The molecule has 2 aromatic rings. The zero-order valence-corrected chi connectivity index (χ0v) is 19.0. The number of nitrogens with zero attached hydrogens (tertiary/aromatic N) is 1. The molecule has 3 heterocycles. The van der Waals surface area contributed by atoms with Crippen molar-refractivity contribution in [2.75, 3.05) is 14.1 Å². The lowest BCUT2D eigenvalue weighted by molar-refractivity contribution is -0.462. The van der Waals surface area contributed by atoms with Crippen LogP contribution in [0.25, 0.3) is 10.5 Å². The molecular weight excluding hydrogens is 410 g/mol. The van der Waals surface area contributed by atoms with E-state index < -0.39 is 0 Å². The molecule has 5 rings (SSSR count). The van der Waals surface area contributed by atoms with Crippen LogP contribution in [0, 0.1) is 0 Å². The summed E-state index contributed by atoms with van der Waals surface area (Å²) in [6.45, 7) is 0. The zero-order valence-electron chi connectivity index (χ0n) is 16.5. The number of rotatable bonds is 3. The van der Waals surface area contributed by atoms with Gasteiger partial charge in [-0.2, -0.15) is 0 Å². The number of hydrogen-bond acceptors (Lipinski definition) is 3. The van der Waals surface area contributed by atoms with E-state index in [1.165, 1.54) is 47.6 Å². The van der Waals surface area contributed by atoms with Crippen LogP contribution >= 0.6 is 34.4 Å². The molecule has 3 aliphatic rings. The van der Waals surface area contributed by atoms with Crippen LogP contribution in [0.3, 0.4) is 0 Å². The molecule has 0 amide bonds. The van der Waals surface area contributed by atoms with Crippen LogP contribution < -0.4 is 0 Å². The minimum Gasteiger partial charge on any atom is -0.235 e. The third-order valence-electron chi connectivity index (χ3n) is 5.32. The standard InChI is InChI=1S/C25H22NS3/c1-26(2)19-10-7-17(8-11-19)15-18-9-12-20-21(22-5-3-13-27-22)16-24(29-25(18)20)23-6-4-14-28-23/h3-8,10-11,13-16H,9,12H2,1-2H3/q+1. The average molecular weight is 433 g/mol. The lowest BCUT2D eigenvalue weighted by Gasteiger charge is -2.19. The van der Waals surface area contributed by atoms with Gasteiger partial charge in [-0.3, -0.25) is 0 Å². The molecule has 0 spiro atoms. The van der Waals surface area contributed by atoms with Crippen molar-refractivity contribution in [3.8, 4) is 0 Å². The summed E-state index contributed by atoms with van der Waals surface area (Å²) < 4.78 is 2.14. The summed E-state index contributed by atoms with van der Waals surface area (Å²) in [5.41, 5.74) is 6.93. The summed E-state index contributed by atoms with van der Waals surface area (Å²) in [5.74, 6) is 0. The summed E-state index contributed by atoms with van der Waals surface area (Å²) in [6.07, 6.45) is 15.9. The smallest absolute Gasteiger partial charge is 0.199 e. The van der Waals surface area contributed by atoms with Crippen LogP contribution in [0.4, 0.5) is 0 Å². The van der Waals surface area contributed by atoms with Crippen molar-refractivity contribution in [2.24, 2.45) is 0 Å². The highest BCUT2D eigenvalue weighted by Crippen LogP contribution is 2.53. The Hall–Kier alpha value is -2.14. The maximum absolute atomic E-state index is 2.41. The Kier molecular flexibility index (Phi) is 5.17. The van der Waals surface area contributed by atoms with Crippen molar-refractivity contribution < 1.29 is 4.58 Å². The lowest BCUT2D eigenvalue weighted by atomic mass is 10.0. The molecule has 2 aliphatic carbocycles. The Morgan fingerprint density at radius 2 is 1.62 bits per heavy atom. The molecule has 0 atom stereocenters. The first-order valence-corrected chi connectivity index (χ1v) is 12.3. The highest BCUT2D eigenvalue weighted by atomic mass is 32.2. The Bertz CT molecular complexity index is 1140. The Balaban J connectivity index is 1.58. The van der Waals surface area contributed by atoms with Gasteiger partial charge in [0, 0.05) is 31.7 Å². The van der Waals surface area contributed by atoms with Gasteiger partial charge < -0.3 is 0 Å². The first-order valence-electron chi connectivity index (χ1n) is 9.75. The van der Waals surface area contributed by atoms with Gasteiger partial charge in [0.05, 0.1) is 0 Å². The van der Waals surface area contributed by atoms with Crippen molar-refractivity contribution >= 4 is 50.6 Å². The van der Waals surface area contributed by atoms with Crippen molar-refractivity contribution in [3.05, 3.63) is 103 Å². The zero-order chi connectivity index (χ0) is 19.8. The van der Waals surface area contributed by atoms with Gasteiger partial charge in [0.15, 0.2) is 5.71 Å². The molecule has 0 saturated heterocycles. The third kappa shape index (κ3) is 3.73. The quantitative estimate of drug-likeness (QED) is 0.465. The number of fused-ring (bicyclic) bond motifs is 1. The third-order valence-corrected chi connectivity index (χ3v) is 8.53. The molecule has 29 heavy (non-hydrogen) atoms. The maximum Gasteiger partial charge on any atom is 0.199 e. The van der Waals surface area contributed by atoms with E-state index in [-0.39, 0.29) is 0 Å². The van der Waals surface area contributed by atoms with Crippen LogP contribution in [0.2, 0.25) is 0 Å². The SMILES string of the molecule is C[N+](C)=C1C=CC(=CC2=C3SC(c4cccs4)=CC(c4cccs4)=C3CC2)C=C1. The fourth-order valence-electron chi connectivity index (χ4n) is 3.82. The molecule has 0 unspecified atom stereocenters. The van der Waals surface area contributed by atoms with E-state index in [1.54, 1.807) is 0 Å². The van der Waals surface area contributed by atoms with Crippen LogP contribution in [0.5, 0.6) is 0 Å². The summed E-state index contributed by atoms with van der Waals surface area (Å²) in [4.78, 5) is 5.58. The van der Waals surface area contributed by atoms with Gasteiger partial charge in [-0.25, -0.2) is 4.58 Å². The molecule has 2 aromatic heterocycles. The van der Waals surface area contributed by atoms with Gasteiger partial charge >= 0.3 is 0 Å². The lowest BCUT2D eigenvalue weighted by Crippen LogP contribution is -2.09. The van der Waals surface area contributed by atoms with Gasteiger partial charge in [-0.1, -0.05) is 30.0 Å². The second-order valence-corrected chi connectivity index (χ2v) is 10.4. The Morgan fingerprint density at radius 1 is 0.897 bits per heavy atom. The Morgan fingerprint density at radius 3 is 2.28 bits per heavy atom. The fourth-order valence-corrected chi connectivity index (χ4v) is 6.69. The predicted octanol–water partition coefficient (Wildman–Crippen LogP) is 7.16. The van der Waals surface area contributed by atoms with Gasteiger partial charge in [-0.05, 0) is 76.3 Å². The molecule has 0 N–H and O–H groups in total. The number of thioether (sulfide) groups is 1. The normalized spacial score (nSPS) is 18.5. The Labute approximate surface area is 184 Å². The first-order chi connectivity index (χ1) is 14.2.